The largest absolute Gasteiger partial charge is 0.384 e. The Morgan fingerprint density at radius 3 is 2.79 bits per heavy atom. The summed E-state index contributed by atoms with van der Waals surface area (Å²) >= 11 is 0. The maximum Gasteiger partial charge on any atom is 0.208 e. The van der Waals surface area contributed by atoms with Crippen LogP contribution in [0.2, 0.25) is 0 Å². The van der Waals surface area contributed by atoms with Gasteiger partial charge in [0, 0.05) is 48.2 Å². The van der Waals surface area contributed by atoms with E-state index in [1.165, 1.54) is 18.3 Å². The molecule has 7 nitrogen and oxygen atoms in total. The van der Waals surface area contributed by atoms with Crippen LogP contribution < -0.4 is 10.6 Å². The zero-order valence-corrected chi connectivity index (χ0v) is 18.9. The van der Waals surface area contributed by atoms with Gasteiger partial charge in [0.15, 0.2) is 11.3 Å². The number of nitrogens with zero attached hydrogens (tertiary/aromatic N) is 5. The van der Waals surface area contributed by atoms with Crippen LogP contribution in [0, 0.1) is 23.0 Å². The molecule has 9 heteroatoms. The first kappa shape index (κ1) is 21.8. The molecule has 5 rings (SSSR count). The van der Waals surface area contributed by atoms with E-state index in [-0.39, 0.29) is 23.9 Å². The number of benzene rings is 2. The summed E-state index contributed by atoms with van der Waals surface area (Å²) in [6.45, 7) is 1.60. The fraction of sp³-hybridized carbons (Fsp3) is 0.240. The van der Waals surface area contributed by atoms with Crippen molar-refractivity contribution in [3.63, 3.8) is 0 Å². The molecule has 34 heavy (non-hydrogen) atoms. The van der Waals surface area contributed by atoms with Crippen molar-refractivity contribution in [2.45, 2.75) is 19.5 Å². The molecule has 0 bridgehead atoms. The van der Waals surface area contributed by atoms with E-state index in [9.17, 15) is 9.65 Å². The van der Waals surface area contributed by atoms with Crippen LogP contribution in [-0.4, -0.2) is 39.9 Å². The fourth-order valence-electron chi connectivity index (χ4n) is 4.39. The van der Waals surface area contributed by atoms with Crippen molar-refractivity contribution in [2.75, 3.05) is 31.3 Å². The second-order valence-corrected chi connectivity index (χ2v) is 8.56. The van der Waals surface area contributed by atoms with Gasteiger partial charge in [0.25, 0.3) is 0 Å². The van der Waals surface area contributed by atoms with Crippen LogP contribution in [0.3, 0.4) is 0 Å². The Hall–Kier alpha value is -4.03. The summed E-state index contributed by atoms with van der Waals surface area (Å²) in [5.74, 6) is -0.286. The molecule has 0 amide bonds. The standard InChI is InChI=1S/C25H23F2N7/c1-33(2)13-15-3-4-17(22(27)9-15)20-12-31-25(34-14-16(10-28)32-24(20)34)30-11-19-18-7-8-29-23(18)6-5-21(19)26/h3-6,9,12,14,29H,7-8,11,13H2,1-2H3,(H,30,31). The molecule has 0 fully saturated rings. The van der Waals surface area contributed by atoms with Gasteiger partial charge in [-0.3, -0.25) is 4.40 Å². The van der Waals surface area contributed by atoms with Gasteiger partial charge < -0.3 is 15.5 Å². The highest BCUT2D eigenvalue weighted by Crippen LogP contribution is 2.31. The van der Waals surface area contributed by atoms with Gasteiger partial charge in [0.1, 0.15) is 17.7 Å². The average Bonchev–Trinajstić information content (AvgIpc) is 3.46. The molecular formula is C25H23F2N7. The quantitative estimate of drug-likeness (QED) is 0.450. The Morgan fingerprint density at radius 1 is 1.18 bits per heavy atom. The smallest absolute Gasteiger partial charge is 0.208 e. The monoisotopic (exact) mass is 459 g/mol. The van der Waals surface area contributed by atoms with E-state index in [4.69, 9.17) is 0 Å². The predicted octanol–water partition coefficient (Wildman–Crippen LogP) is 4.19. The molecule has 0 saturated carbocycles. The molecule has 1 aliphatic rings. The number of anilines is 2. The number of hydrogen-bond acceptors (Lipinski definition) is 6. The maximum atomic E-state index is 15.0. The molecular weight excluding hydrogens is 436 g/mol. The minimum atomic E-state index is -0.389. The first-order chi connectivity index (χ1) is 16.4. The summed E-state index contributed by atoms with van der Waals surface area (Å²) in [7, 11) is 3.84. The van der Waals surface area contributed by atoms with E-state index < -0.39 is 0 Å². The summed E-state index contributed by atoms with van der Waals surface area (Å²) < 4.78 is 31.2. The number of rotatable bonds is 6. The lowest BCUT2D eigenvalue weighted by Crippen LogP contribution is -2.11. The Morgan fingerprint density at radius 2 is 2.03 bits per heavy atom. The zero-order valence-electron chi connectivity index (χ0n) is 18.9. The number of imidazole rings is 1. The van der Waals surface area contributed by atoms with Crippen molar-refractivity contribution in [2.24, 2.45) is 0 Å². The van der Waals surface area contributed by atoms with Crippen molar-refractivity contribution in [1.29, 1.82) is 5.26 Å². The Labute approximate surface area is 195 Å². The molecule has 2 aromatic carbocycles. The molecule has 0 radical (unpaired) electrons. The fourth-order valence-corrected chi connectivity index (χ4v) is 4.39. The third-order valence-electron chi connectivity index (χ3n) is 5.92. The molecule has 1 aliphatic heterocycles. The van der Waals surface area contributed by atoms with Crippen LogP contribution in [0.15, 0.2) is 42.7 Å². The number of fused-ring (bicyclic) bond motifs is 2. The molecule has 0 aliphatic carbocycles. The van der Waals surface area contributed by atoms with Crippen molar-refractivity contribution in [1.82, 2.24) is 19.3 Å². The van der Waals surface area contributed by atoms with Gasteiger partial charge in [-0.15, -0.1) is 0 Å². The number of hydrogen-bond donors (Lipinski definition) is 2. The van der Waals surface area contributed by atoms with Gasteiger partial charge in [-0.2, -0.15) is 5.26 Å². The van der Waals surface area contributed by atoms with Gasteiger partial charge in [0.05, 0.1) is 6.20 Å². The third-order valence-corrected chi connectivity index (χ3v) is 5.92. The van der Waals surface area contributed by atoms with Gasteiger partial charge in [-0.25, -0.2) is 18.7 Å². The molecule has 0 unspecified atom stereocenters. The SMILES string of the molecule is CN(C)Cc1ccc(-c2cnc(NCc3c(F)ccc4c3CCN4)n3cc(C#N)nc23)c(F)c1. The molecule has 172 valence electrons. The first-order valence-electron chi connectivity index (χ1n) is 10.9. The Kier molecular flexibility index (Phi) is 5.59. The lowest BCUT2D eigenvalue weighted by Gasteiger charge is -2.14. The lowest BCUT2D eigenvalue weighted by atomic mass is 10.0. The van der Waals surface area contributed by atoms with E-state index in [0.29, 0.717) is 34.8 Å². The third kappa shape index (κ3) is 3.93. The van der Waals surface area contributed by atoms with Crippen LogP contribution in [0.1, 0.15) is 22.4 Å². The van der Waals surface area contributed by atoms with Crippen LogP contribution in [0.4, 0.5) is 20.4 Å². The zero-order chi connectivity index (χ0) is 23.8. The molecule has 0 saturated heterocycles. The topological polar surface area (TPSA) is 81.3 Å². The van der Waals surface area contributed by atoms with Gasteiger partial charge in [-0.05, 0) is 49.8 Å². The van der Waals surface area contributed by atoms with E-state index >= 15 is 4.39 Å². The summed E-state index contributed by atoms with van der Waals surface area (Å²) in [5, 5.41) is 15.8. The molecule has 4 aromatic rings. The molecule has 0 spiro atoms. The molecule has 3 heterocycles. The van der Waals surface area contributed by atoms with Crippen LogP contribution in [0.5, 0.6) is 0 Å². The summed E-state index contributed by atoms with van der Waals surface area (Å²) in [4.78, 5) is 10.8. The van der Waals surface area contributed by atoms with E-state index in [2.05, 4.69) is 20.6 Å². The minimum Gasteiger partial charge on any atom is -0.384 e. The van der Waals surface area contributed by atoms with Crippen LogP contribution in [0.25, 0.3) is 16.8 Å². The van der Waals surface area contributed by atoms with Gasteiger partial charge >= 0.3 is 0 Å². The summed E-state index contributed by atoms with van der Waals surface area (Å²) in [6.07, 6.45) is 3.82. The lowest BCUT2D eigenvalue weighted by molar-refractivity contribution is 0.401. The molecule has 2 N–H and O–H groups in total. The number of halogens is 2. The minimum absolute atomic E-state index is 0.179. The van der Waals surface area contributed by atoms with E-state index in [0.717, 1.165) is 29.8 Å². The Balaban J connectivity index is 1.52. The molecule has 0 atom stereocenters. The van der Waals surface area contributed by atoms with Crippen molar-refractivity contribution in [3.8, 4) is 17.2 Å². The highest BCUT2D eigenvalue weighted by molar-refractivity contribution is 5.79. The second kappa shape index (κ2) is 8.72. The van der Waals surface area contributed by atoms with Gasteiger partial charge in [-0.1, -0.05) is 12.1 Å². The highest BCUT2D eigenvalue weighted by atomic mass is 19.1. The predicted molar refractivity (Wildman–Crippen MR) is 126 cm³/mol. The van der Waals surface area contributed by atoms with E-state index in [1.54, 1.807) is 22.7 Å². The normalized spacial score (nSPS) is 12.6. The van der Waals surface area contributed by atoms with Crippen molar-refractivity contribution >= 4 is 17.3 Å². The van der Waals surface area contributed by atoms with Crippen LogP contribution >= 0.6 is 0 Å². The van der Waals surface area contributed by atoms with Gasteiger partial charge in [0.2, 0.25) is 5.95 Å². The first-order valence-corrected chi connectivity index (χ1v) is 10.9. The summed E-state index contributed by atoms with van der Waals surface area (Å²) in [5.41, 5.74) is 4.70. The number of nitriles is 1. The highest BCUT2D eigenvalue weighted by Gasteiger charge is 2.20. The van der Waals surface area contributed by atoms with Crippen molar-refractivity contribution < 1.29 is 8.78 Å². The van der Waals surface area contributed by atoms with Crippen LogP contribution in [-0.2, 0) is 19.5 Å². The number of nitrogens with one attached hydrogen (secondary N) is 2. The summed E-state index contributed by atoms with van der Waals surface area (Å²) in [6, 6.07) is 10.3. The molecule has 2 aromatic heterocycles. The Bertz CT molecular complexity index is 1440. The average molecular weight is 460 g/mol. The van der Waals surface area contributed by atoms with E-state index in [1.807, 2.05) is 31.1 Å². The second-order valence-electron chi connectivity index (χ2n) is 8.56. The maximum absolute atomic E-state index is 15.0. The van der Waals surface area contributed by atoms with Crippen molar-refractivity contribution in [3.05, 3.63) is 76.7 Å². The number of aromatic nitrogens is 3.